The lowest BCUT2D eigenvalue weighted by molar-refractivity contribution is -0.138. The number of rotatable bonds is 1. The Balaban J connectivity index is 1.67. The maximum atomic E-state index is 13.7. The number of hydrogen-bond acceptors (Lipinski definition) is 2. The Kier molecular flexibility index (Phi) is 3.15. The molecule has 1 spiro atoms. The fourth-order valence-electron chi connectivity index (χ4n) is 3.04. The average Bonchev–Trinajstić information content (AvgIpc) is 2.30. The summed E-state index contributed by atoms with van der Waals surface area (Å²) in [5.41, 5.74) is -0.441. The molecule has 1 aromatic heterocycles. The zero-order valence-electron chi connectivity index (χ0n) is 11.3. The third kappa shape index (κ3) is 2.53. The van der Waals surface area contributed by atoms with E-state index < -0.39 is 23.7 Å². The number of allylic oxidation sites excluding steroid dienone is 1. The van der Waals surface area contributed by atoms with Gasteiger partial charge in [-0.3, -0.25) is 4.98 Å². The van der Waals surface area contributed by atoms with E-state index >= 15 is 0 Å². The van der Waals surface area contributed by atoms with Crippen molar-refractivity contribution in [2.75, 3.05) is 13.1 Å². The van der Waals surface area contributed by atoms with Crippen LogP contribution in [0.3, 0.4) is 0 Å². The molecule has 22 heavy (non-hydrogen) atoms. The van der Waals surface area contributed by atoms with Gasteiger partial charge in [-0.2, -0.15) is 13.2 Å². The normalized spacial score (nSPS) is 19.6. The van der Waals surface area contributed by atoms with Gasteiger partial charge in [0.2, 0.25) is 0 Å². The Hall–Kier alpha value is -2.12. The zero-order valence-corrected chi connectivity index (χ0v) is 11.3. The number of amides is 1. The molecule has 1 aromatic rings. The third-order valence-electron chi connectivity index (χ3n) is 4.06. The molecule has 1 aliphatic carbocycles. The molecule has 0 unspecified atom stereocenters. The van der Waals surface area contributed by atoms with Gasteiger partial charge in [-0.15, -0.1) is 0 Å². The summed E-state index contributed by atoms with van der Waals surface area (Å²) in [6, 6.07) is 0.434. The number of carboxylic acid groups (broad SMARTS) is 1. The molecule has 0 radical (unpaired) electrons. The van der Waals surface area contributed by atoms with Crippen LogP contribution in [0.2, 0.25) is 0 Å². The Labute approximate surface area is 123 Å². The first-order valence-electron chi connectivity index (χ1n) is 6.59. The number of hydrogen-bond donors (Lipinski definition) is 1. The van der Waals surface area contributed by atoms with Crippen LogP contribution in [0.1, 0.15) is 24.1 Å². The number of alkyl halides is 3. The molecule has 2 heterocycles. The van der Waals surface area contributed by atoms with Crippen molar-refractivity contribution in [1.29, 1.82) is 0 Å². The van der Waals surface area contributed by atoms with Gasteiger partial charge in [-0.05, 0) is 25.0 Å². The second-order valence-corrected chi connectivity index (χ2v) is 5.88. The third-order valence-corrected chi connectivity index (χ3v) is 4.06. The Bertz CT molecular complexity index is 653. The molecule has 1 saturated carbocycles. The first-order valence-corrected chi connectivity index (χ1v) is 6.59. The molecule has 1 saturated heterocycles. The summed E-state index contributed by atoms with van der Waals surface area (Å²) in [7, 11) is 0. The van der Waals surface area contributed by atoms with E-state index in [0.717, 1.165) is 5.57 Å². The standard InChI is InChI=1S/C14H12F4N2O2/c15-10-2-9(14(16,17)18)5-19-11(10)1-8-3-13(4-8)6-20(7-13)12(21)22/h1-2,5H,3-4,6-7H2,(H,21,22). The van der Waals surface area contributed by atoms with E-state index in [0.29, 0.717) is 38.2 Å². The molecule has 4 nitrogen and oxygen atoms in total. The number of likely N-dealkylation sites (tertiary alicyclic amines) is 1. The second kappa shape index (κ2) is 4.69. The van der Waals surface area contributed by atoms with Crippen LogP contribution in [-0.2, 0) is 6.18 Å². The lowest BCUT2D eigenvalue weighted by atomic mass is 9.60. The maximum Gasteiger partial charge on any atom is 0.417 e. The molecule has 0 aromatic carbocycles. The minimum Gasteiger partial charge on any atom is -0.465 e. The molecule has 2 fully saturated rings. The summed E-state index contributed by atoms with van der Waals surface area (Å²) in [6.07, 6.45) is -2.27. The van der Waals surface area contributed by atoms with Crippen LogP contribution in [0.25, 0.3) is 6.08 Å². The Morgan fingerprint density at radius 2 is 2.00 bits per heavy atom. The number of halogens is 4. The van der Waals surface area contributed by atoms with Gasteiger partial charge in [-0.1, -0.05) is 5.57 Å². The van der Waals surface area contributed by atoms with Crippen molar-refractivity contribution in [3.05, 3.63) is 34.9 Å². The smallest absolute Gasteiger partial charge is 0.417 e. The van der Waals surface area contributed by atoms with Crippen LogP contribution < -0.4 is 0 Å². The number of aromatic nitrogens is 1. The molecule has 8 heteroatoms. The lowest BCUT2D eigenvalue weighted by Gasteiger charge is -2.55. The van der Waals surface area contributed by atoms with Crippen LogP contribution in [-0.4, -0.2) is 34.2 Å². The number of nitrogens with zero attached hydrogens (tertiary/aromatic N) is 2. The quantitative estimate of drug-likeness (QED) is 0.808. The highest BCUT2D eigenvalue weighted by atomic mass is 19.4. The monoisotopic (exact) mass is 316 g/mol. The highest BCUT2D eigenvalue weighted by Crippen LogP contribution is 2.52. The largest absolute Gasteiger partial charge is 0.465 e. The lowest BCUT2D eigenvalue weighted by Crippen LogP contribution is -2.61. The molecular formula is C14H12F4N2O2. The van der Waals surface area contributed by atoms with Gasteiger partial charge < -0.3 is 10.0 Å². The van der Waals surface area contributed by atoms with Crippen LogP contribution in [0, 0.1) is 11.2 Å². The molecule has 0 bridgehead atoms. The van der Waals surface area contributed by atoms with E-state index in [2.05, 4.69) is 4.98 Å². The second-order valence-electron chi connectivity index (χ2n) is 5.88. The Morgan fingerprint density at radius 1 is 1.36 bits per heavy atom. The summed E-state index contributed by atoms with van der Waals surface area (Å²) in [5.74, 6) is -1.01. The predicted molar refractivity (Wildman–Crippen MR) is 68.4 cm³/mol. The zero-order chi connectivity index (χ0) is 16.1. The summed E-state index contributed by atoms with van der Waals surface area (Å²) in [5, 5.41) is 8.77. The van der Waals surface area contributed by atoms with Gasteiger partial charge in [0, 0.05) is 24.7 Å². The molecule has 1 amide bonds. The minimum atomic E-state index is -4.62. The van der Waals surface area contributed by atoms with Crippen molar-refractivity contribution in [2.45, 2.75) is 19.0 Å². The first kappa shape index (κ1) is 14.8. The van der Waals surface area contributed by atoms with Gasteiger partial charge in [-0.25, -0.2) is 9.18 Å². The van der Waals surface area contributed by atoms with E-state index in [1.807, 2.05) is 0 Å². The molecular weight excluding hydrogens is 304 g/mol. The van der Waals surface area contributed by atoms with E-state index in [1.165, 1.54) is 11.0 Å². The Morgan fingerprint density at radius 3 is 2.50 bits per heavy atom. The summed E-state index contributed by atoms with van der Waals surface area (Å²) in [6.45, 7) is 0.894. The topological polar surface area (TPSA) is 53.4 Å². The van der Waals surface area contributed by atoms with E-state index in [9.17, 15) is 22.4 Å². The first-order chi connectivity index (χ1) is 10.2. The van der Waals surface area contributed by atoms with Gasteiger partial charge in [0.1, 0.15) is 5.82 Å². The van der Waals surface area contributed by atoms with Crippen LogP contribution in [0.4, 0.5) is 22.4 Å². The number of carbonyl (C=O) groups is 1. The van der Waals surface area contributed by atoms with Gasteiger partial charge >= 0.3 is 12.3 Å². The van der Waals surface area contributed by atoms with Crippen molar-refractivity contribution >= 4 is 12.2 Å². The molecule has 1 N–H and O–H groups in total. The maximum absolute atomic E-state index is 13.7. The molecule has 118 valence electrons. The predicted octanol–water partition coefficient (Wildman–Crippen LogP) is 3.40. The van der Waals surface area contributed by atoms with Gasteiger partial charge in [0.15, 0.2) is 0 Å². The molecule has 0 atom stereocenters. The van der Waals surface area contributed by atoms with E-state index in [4.69, 9.17) is 5.11 Å². The summed E-state index contributed by atoms with van der Waals surface area (Å²) >= 11 is 0. The van der Waals surface area contributed by atoms with Crippen molar-refractivity contribution in [3.63, 3.8) is 0 Å². The van der Waals surface area contributed by atoms with Gasteiger partial charge in [0.25, 0.3) is 0 Å². The van der Waals surface area contributed by atoms with Crippen LogP contribution in [0.15, 0.2) is 17.8 Å². The molecule has 3 rings (SSSR count). The summed E-state index contributed by atoms with van der Waals surface area (Å²) in [4.78, 5) is 15.5. The van der Waals surface area contributed by atoms with Crippen LogP contribution >= 0.6 is 0 Å². The minimum absolute atomic E-state index is 0.0768. The fraction of sp³-hybridized carbons (Fsp3) is 0.429. The van der Waals surface area contributed by atoms with Gasteiger partial charge in [0.05, 0.1) is 11.3 Å². The van der Waals surface area contributed by atoms with Crippen molar-refractivity contribution in [3.8, 4) is 0 Å². The average molecular weight is 316 g/mol. The highest BCUT2D eigenvalue weighted by molar-refractivity contribution is 5.67. The van der Waals surface area contributed by atoms with E-state index in [1.54, 1.807) is 0 Å². The fourth-order valence-corrected chi connectivity index (χ4v) is 3.04. The molecule has 2 aliphatic rings. The van der Waals surface area contributed by atoms with Crippen molar-refractivity contribution in [2.24, 2.45) is 5.41 Å². The SMILES string of the molecule is O=C(O)N1CC2(CC(=Cc3ncc(C(F)(F)F)cc3F)C2)C1. The van der Waals surface area contributed by atoms with Crippen molar-refractivity contribution < 1.29 is 27.5 Å². The van der Waals surface area contributed by atoms with E-state index in [-0.39, 0.29) is 11.1 Å². The van der Waals surface area contributed by atoms with Crippen molar-refractivity contribution in [1.82, 2.24) is 9.88 Å². The number of pyridine rings is 1. The molecule has 1 aliphatic heterocycles. The highest BCUT2D eigenvalue weighted by Gasteiger charge is 2.51. The summed E-state index contributed by atoms with van der Waals surface area (Å²) < 4.78 is 50.9. The van der Waals surface area contributed by atoms with Crippen LogP contribution in [0.5, 0.6) is 0 Å².